The molecule has 3 fully saturated rings. The van der Waals surface area contributed by atoms with Crippen molar-refractivity contribution in [2.45, 2.75) is 69.9 Å². The number of rotatable bonds is 1. The minimum absolute atomic E-state index is 0.170. The summed E-state index contributed by atoms with van der Waals surface area (Å²) in [5.74, 6) is -1.21. The summed E-state index contributed by atoms with van der Waals surface area (Å²) in [5.41, 5.74) is 6.19. The lowest BCUT2D eigenvalue weighted by Gasteiger charge is -2.26. The number of hydrogen-bond donors (Lipinski definition) is 1. The summed E-state index contributed by atoms with van der Waals surface area (Å²) in [6.07, 6.45) is -1.07. The Morgan fingerprint density at radius 2 is 1.67 bits per heavy atom. The molecule has 0 saturated carbocycles. The third kappa shape index (κ3) is 2.07. The molecule has 1 unspecified atom stereocenters. The summed E-state index contributed by atoms with van der Waals surface area (Å²) >= 11 is 0. The Morgan fingerprint density at radius 1 is 0.944 bits per heavy atom. The van der Waals surface area contributed by atoms with Crippen molar-refractivity contribution >= 4 is 0 Å². The average molecular weight is 259 g/mol. The summed E-state index contributed by atoms with van der Waals surface area (Å²) in [6.45, 7) is 7.95. The molecule has 3 rings (SSSR count). The van der Waals surface area contributed by atoms with Crippen LogP contribution in [-0.4, -0.2) is 48.8 Å². The average Bonchev–Trinajstić information content (AvgIpc) is 2.81. The SMILES string of the molecule is CC1(C)OC[C@H]([C@H]2OC3OC(C)(C)O[C@@H]3[C@@H]2N)O1. The molecule has 0 aromatic carbocycles. The van der Waals surface area contributed by atoms with E-state index in [-0.39, 0.29) is 24.4 Å². The second kappa shape index (κ2) is 3.88. The maximum absolute atomic E-state index is 6.19. The molecule has 0 aliphatic carbocycles. The molecule has 0 aromatic heterocycles. The van der Waals surface area contributed by atoms with Crippen molar-refractivity contribution in [2.75, 3.05) is 6.61 Å². The third-order valence-corrected chi connectivity index (χ3v) is 3.53. The zero-order chi connectivity index (χ0) is 13.1. The van der Waals surface area contributed by atoms with Gasteiger partial charge in [0.15, 0.2) is 17.9 Å². The van der Waals surface area contributed by atoms with E-state index in [4.69, 9.17) is 29.4 Å². The molecule has 0 aromatic rings. The van der Waals surface area contributed by atoms with Gasteiger partial charge in [-0.25, -0.2) is 0 Å². The lowest BCUT2D eigenvalue weighted by atomic mass is 10.0. The minimum Gasteiger partial charge on any atom is -0.348 e. The first-order valence-corrected chi connectivity index (χ1v) is 6.36. The molecule has 0 bridgehead atoms. The molecule has 0 radical (unpaired) electrons. The van der Waals surface area contributed by atoms with Crippen molar-refractivity contribution in [1.29, 1.82) is 0 Å². The molecule has 0 spiro atoms. The van der Waals surface area contributed by atoms with E-state index >= 15 is 0 Å². The van der Waals surface area contributed by atoms with Crippen LogP contribution >= 0.6 is 0 Å². The van der Waals surface area contributed by atoms with Crippen molar-refractivity contribution in [3.8, 4) is 0 Å². The van der Waals surface area contributed by atoms with E-state index in [0.29, 0.717) is 6.61 Å². The van der Waals surface area contributed by atoms with Gasteiger partial charge in [-0.3, -0.25) is 0 Å². The molecule has 6 heteroatoms. The zero-order valence-electron chi connectivity index (χ0n) is 11.2. The number of ether oxygens (including phenoxy) is 5. The number of fused-ring (bicyclic) bond motifs is 1. The fourth-order valence-corrected chi connectivity index (χ4v) is 2.77. The number of hydrogen-bond acceptors (Lipinski definition) is 6. The Morgan fingerprint density at radius 3 is 2.22 bits per heavy atom. The Hall–Kier alpha value is -0.240. The lowest BCUT2D eigenvalue weighted by molar-refractivity contribution is -0.222. The van der Waals surface area contributed by atoms with Crippen molar-refractivity contribution in [3.05, 3.63) is 0 Å². The van der Waals surface area contributed by atoms with Crippen molar-refractivity contribution < 1.29 is 23.7 Å². The van der Waals surface area contributed by atoms with E-state index in [1.807, 2.05) is 27.7 Å². The first kappa shape index (κ1) is 12.8. The second-order valence-corrected chi connectivity index (χ2v) is 6.01. The van der Waals surface area contributed by atoms with Crippen LogP contribution in [0.5, 0.6) is 0 Å². The van der Waals surface area contributed by atoms with Gasteiger partial charge in [-0.15, -0.1) is 0 Å². The standard InChI is InChI=1S/C12H21NO5/c1-11(2)14-5-6(16-11)8-7(13)9-10(15-8)18-12(3,4)17-9/h6-10H,5,13H2,1-4H3/t6-,7-,8-,9-,10?/m1/s1. The highest BCUT2D eigenvalue weighted by atomic mass is 16.8. The molecule has 18 heavy (non-hydrogen) atoms. The first-order chi connectivity index (χ1) is 8.27. The van der Waals surface area contributed by atoms with E-state index < -0.39 is 17.9 Å². The van der Waals surface area contributed by atoms with Crippen LogP contribution in [0.2, 0.25) is 0 Å². The maximum Gasteiger partial charge on any atom is 0.189 e. The number of nitrogens with two attached hydrogens (primary N) is 1. The minimum atomic E-state index is -0.635. The van der Waals surface area contributed by atoms with Crippen molar-refractivity contribution in [2.24, 2.45) is 5.73 Å². The summed E-state index contributed by atoms with van der Waals surface area (Å²) in [7, 11) is 0. The van der Waals surface area contributed by atoms with Gasteiger partial charge >= 0.3 is 0 Å². The molecule has 0 amide bonds. The molecule has 6 nitrogen and oxygen atoms in total. The Bertz CT molecular complexity index is 345. The third-order valence-electron chi connectivity index (χ3n) is 3.53. The Balaban J connectivity index is 1.68. The van der Waals surface area contributed by atoms with Crippen LogP contribution in [0.3, 0.4) is 0 Å². The van der Waals surface area contributed by atoms with Gasteiger partial charge in [0, 0.05) is 0 Å². The van der Waals surface area contributed by atoms with Crippen LogP contribution in [0, 0.1) is 0 Å². The molecule has 104 valence electrons. The largest absolute Gasteiger partial charge is 0.348 e. The lowest BCUT2D eigenvalue weighted by Crippen LogP contribution is -2.47. The Labute approximate surface area is 107 Å². The molecular weight excluding hydrogens is 238 g/mol. The fourth-order valence-electron chi connectivity index (χ4n) is 2.77. The van der Waals surface area contributed by atoms with Gasteiger partial charge in [0.2, 0.25) is 0 Å². The quantitative estimate of drug-likeness (QED) is 0.732. The van der Waals surface area contributed by atoms with Crippen LogP contribution in [0.4, 0.5) is 0 Å². The summed E-state index contributed by atoms with van der Waals surface area (Å²) in [4.78, 5) is 0. The smallest absolute Gasteiger partial charge is 0.189 e. The van der Waals surface area contributed by atoms with E-state index in [0.717, 1.165) is 0 Å². The van der Waals surface area contributed by atoms with E-state index in [9.17, 15) is 0 Å². The van der Waals surface area contributed by atoms with Gasteiger partial charge in [-0.2, -0.15) is 0 Å². The van der Waals surface area contributed by atoms with Gasteiger partial charge in [0.1, 0.15) is 18.3 Å². The van der Waals surface area contributed by atoms with E-state index in [2.05, 4.69) is 0 Å². The molecule has 3 aliphatic rings. The highest BCUT2D eigenvalue weighted by molar-refractivity contribution is 4.99. The topological polar surface area (TPSA) is 72.2 Å². The van der Waals surface area contributed by atoms with Gasteiger partial charge in [0.05, 0.1) is 12.6 Å². The van der Waals surface area contributed by atoms with Crippen molar-refractivity contribution in [1.82, 2.24) is 0 Å². The molecule has 5 atom stereocenters. The fraction of sp³-hybridized carbons (Fsp3) is 1.00. The van der Waals surface area contributed by atoms with Gasteiger partial charge < -0.3 is 29.4 Å². The molecule has 3 saturated heterocycles. The Kier molecular flexibility index (Phi) is 2.75. The van der Waals surface area contributed by atoms with Crippen LogP contribution < -0.4 is 5.73 Å². The second-order valence-electron chi connectivity index (χ2n) is 6.01. The summed E-state index contributed by atoms with van der Waals surface area (Å²) in [5, 5.41) is 0. The van der Waals surface area contributed by atoms with Gasteiger partial charge in [0.25, 0.3) is 0 Å². The van der Waals surface area contributed by atoms with E-state index in [1.54, 1.807) is 0 Å². The van der Waals surface area contributed by atoms with Crippen LogP contribution in [0.1, 0.15) is 27.7 Å². The maximum atomic E-state index is 6.19. The van der Waals surface area contributed by atoms with Crippen LogP contribution in [0.25, 0.3) is 0 Å². The molecule has 3 aliphatic heterocycles. The molecule has 3 heterocycles. The molecule has 2 N–H and O–H groups in total. The van der Waals surface area contributed by atoms with Crippen LogP contribution in [-0.2, 0) is 23.7 Å². The zero-order valence-corrected chi connectivity index (χ0v) is 11.2. The van der Waals surface area contributed by atoms with Gasteiger partial charge in [-0.1, -0.05) is 0 Å². The molecular formula is C12H21NO5. The monoisotopic (exact) mass is 259 g/mol. The first-order valence-electron chi connectivity index (χ1n) is 6.36. The van der Waals surface area contributed by atoms with Crippen molar-refractivity contribution in [3.63, 3.8) is 0 Å². The highest BCUT2D eigenvalue weighted by Crippen LogP contribution is 2.39. The van der Waals surface area contributed by atoms with Gasteiger partial charge in [-0.05, 0) is 27.7 Å². The van der Waals surface area contributed by atoms with E-state index in [1.165, 1.54) is 0 Å². The normalized spacial score (nSPS) is 49.5. The highest BCUT2D eigenvalue weighted by Gasteiger charge is 2.56. The summed E-state index contributed by atoms with van der Waals surface area (Å²) in [6, 6.07) is -0.265. The predicted molar refractivity (Wildman–Crippen MR) is 61.6 cm³/mol. The van der Waals surface area contributed by atoms with Crippen LogP contribution in [0.15, 0.2) is 0 Å². The summed E-state index contributed by atoms with van der Waals surface area (Å²) < 4.78 is 28.6. The predicted octanol–water partition coefficient (Wildman–Crippen LogP) is 0.342.